The van der Waals surface area contributed by atoms with Crippen molar-refractivity contribution >= 4 is 10.9 Å². The van der Waals surface area contributed by atoms with E-state index in [1.165, 1.54) is 16.5 Å². The van der Waals surface area contributed by atoms with Gasteiger partial charge in [-0.15, -0.1) is 0 Å². The van der Waals surface area contributed by atoms with Crippen molar-refractivity contribution in [2.75, 3.05) is 6.54 Å². The van der Waals surface area contributed by atoms with Crippen LogP contribution >= 0.6 is 0 Å². The average molecular weight is 277 g/mol. The summed E-state index contributed by atoms with van der Waals surface area (Å²) in [4.78, 5) is 8.87. The predicted octanol–water partition coefficient (Wildman–Crippen LogP) is 3.64. The minimum atomic E-state index is 0.148. The van der Waals surface area contributed by atoms with E-state index in [0.29, 0.717) is 0 Å². The summed E-state index contributed by atoms with van der Waals surface area (Å²) in [7, 11) is 0. The lowest BCUT2D eigenvalue weighted by molar-refractivity contribution is 0.625. The van der Waals surface area contributed by atoms with E-state index in [1.807, 2.05) is 24.5 Å². The van der Waals surface area contributed by atoms with E-state index in [4.69, 9.17) is 0 Å². The van der Waals surface area contributed by atoms with Crippen LogP contribution in [0.5, 0.6) is 0 Å². The Labute approximate surface area is 125 Å². The molecule has 106 valence electrons. The molecule has 3 heteroatoms. The van der Waals surface area contributed by atoms with Crippen molar-refractivity contribution in [2.45, 2.75) is 19.9 Å². The normalized spacial score (nSPS) is 12.5. The molecule has 1 atom stereocenters. The number of aryl methyl sites for hydroxylation is 1. The predicted molar refractivity (Wildman–Crippen MR) is 86.2 cm³/mol. The lowest BCUT2D eigenvalue weighted by atomic mass is 9.96. The van der Waals surface area contributed by atoms with E-state index in [-0.39, 0.29) is 6.04 Å². The Morgan fingerprint density at radius 3 is 2.67 bits per heavy atom. The first-order valence-corrected chi connectivity index (χ1v) is 7.29. The first-order valence-electron chi connectivity index (χ1n) is 7.29. The molecule has 0 aliphatic carbocycles. The molecule has 2 aromatic heterocycles. The molecule has 21 heavy (non-hydrogen) atoms. The molecule has 0 fully saturated rings. The Morgan fingerprint density at radius 2 is 1.86 bits per heavy atom. The average Bonchev–Trinajstić information content (AvgIpc) is 2.53. The van der Waals surface area contributed by atoms with E-state index in [1.54, 1.807) is 0 Å². The first kappa shape index (κ1) is 13.7. The third kappa shape index (κ3) is 2.78. The molecule has 3 rings (SSSR count). The minimum Gasteiger partial charge on any atom is -0.306 e. The maximum absolute atomic E-state index is 4.46. The number of benzene rings is 1. The third-order valence-corrected chi connectivity index (χ3v) is 3.73. The fourth-order valence-electron chi connectivity index (χ4n) is 2.68. The summed E-state index contributed by atoms with van der Waals surface area (Å²) in [5.41, 5.74) is 4.53. The molecule has 1 unspecified atom stereocenters. The summed E-state index contributed by atoms with van der Waals surface area (Å²) in [6.07, 6.45) is 3.67. The van der Waals surface area contributed by atoms with Crippen LogP contribution in [-0.2, 0) is 0 Å². The number of hydrogen-bond acceptors (Lipinski definition) is 3. The van der Waals surface area contributed by atoms with Gasteiger partial charge < -0.3 is 5.32 Å². The third-order valence-electron chi connectivity index (χ3n) is 3.73. The molecule has 0 amide bonds. The van der Waals surface area contributed by atoms with Crippen molar-refractivity contribution in [1.82, 2.24) is 15.3 Å². The van der Waals surface area contributed by atoms with Crippen LogP contribution < -0.4 is 5.32 Å². The highest BCUT2D eigenvalue weighted by Gasteiger charge is 2.15. The summed E-state index contributed by atoms with van der Waals surface area (Å²) in [5.74, 6) is 0. The molecule has 2 heterocycles. The number of fused-ring (bicyclic) bond motifs is 1. The molecule has 0 aliphatic rings. The van der Waals surface area contributed by atoms with Gasteiger partial charge in [-0.05, 0) is 42.8 Å². The summed E-state index contributed by atoms with van der Waals surface area (Å²) in [6, 6.07) is 14.8. The molecule has 0 spiro atoms. The zero-order valence-corrected chi connectivity index (χ0v) is 12.4. The Morgan fingerprint density at radius 1 is 1.05 bits per heavy atom. The van der Waals surface area contributed by atoms with Gasteiger partial charge in [0.15, 0.2) is 0 Å². The van der Waals surface area contributed by atoms with Gasteiger partial charge in [-0.3, -0.25) is 9.97 Å². The smallest absolute Gasteiger partial charge is 0.0705 e. The summed E-state index contributed by atoms with van der Waals surface area (Å²) < 4.78 is 0. The van der Waals surface area contributed by atoms with Gasteiger partial charge >= 0.3 is 0 Å². The van der Waals surface area contributed by atoms with Crippen LogP contribution in [0.4, 0.5) is 0 Å². The molecule has 3 aromatic rings. The SMILES string of the molecule is CCNC(c1ccc2cccnc2c1)c1cccnc1C. The van der Waals surface area contributed by atoms with Crippen LogP contribution in [0.25, 0.3) is 10.9 Å². The van der Waals surface area contributed by atoms with Crippen LogP contribution in [0, 0.1) is 6.92 Å². The highest BCUT2D eigenvalue weighted by Crippen LogP contribution is 2.26. The number of pyridine rings is 2. The van der Waals surface area contributed by atoms with Crippen LogP contribution in [0.15, 0.2) is 54.9 Å². The molecule has 0 bridgehead atoms. The van der Waals surface area contributed by atoms with Crippen molar-refractivity contribution in [1.29, 1.82) is 0 Å². The Bertz CT molecular complexity index is 752. The van der Waals surface area contributed by atoms with Crippen LogP contribution in [0.1, 0.15) is 29.8 Å². The molecule has 0 saturated carbocycles. The van der Waals surface area contributed by atoms with Gasteiger partial charge in [-0.1, -0.05) is 31.2 Å². The number of rotatable bonds is 4. The van der Waals surface area contributed by atoms with Crippen molar-refractivity contribution in [3.05, 3.63) is 71.7 Å². The van der Waals surface area contributed by atoms with Crippen LogP contribution in [0.2, 0.25) is 0 Å². The maximum atomic E-state index is 4.46. The van der Waals surface area contributed by atoms with E-state index < -0.39 is 0 Å². The monoisotopic (exact) mass is 277 g/mol. The highest BCUT2D eigenvalue weighted by molar-refractivity contribution is 5.79. The topological polar surface area (TPSA) is 37.8 Å². The highest BCUT2D eigenvalue weighted by atomic mass is 14.9. The summed E-state index contributed by atoms with van der Waals surface area (Å²) in [5, 5.41) is 4.72. The lowest BCUT2D eigenvalue weighted by Gasteiger charge is -2.20. The van der Waals surface area contributed by atoms with E-state index in [9.17, 15) is 0 Å². The number of nitrogens with one attached hydrogen (secondary N) is 1. The fraction of sp³-hybridized carbons (Fsp3) is 0.222. The Kier molecular flexibility index (Phi) is 3.93. The van der Waals surface area contributed by atoms with E-state index in [2.05, 4.69) is 59.5 Å². The molecule has 1 aromatic carbocycles. The fourth-order valence-corrected chi connectivity index (χ4v) is 2.68. The van der Waals surface area contributed by atoms with Gasteiger partial charge in [0.1, 0.15) is 0 Å². The maximum Gasteiger partial charge on any atom is 0.0705 e. The van der Waals surface area contributed by atoms with Gasteiger partial charge in [-0.25, -0.2) is 0 Å². The van der Waals surface area contributed by atoms with E-state index >= 15 is 0 Å². The van der Waals surface area contributed by atoms with E-state index in [0.717, 1.165) is 17.8 Å². The quantitative estimate of drug-likeness (QED) is 0.791. The number of hydrogen-bond donors (Lipinski definition) is 1. The van der Waals surface area contributed by atoms with Crippen LogP contribution in [0.3, 0.4) is 0 Å². The minimum absolute atomic E-state index is 0.148. The second kappa shape index (κ2) is 6.02. The van der Waals surface area contributed by atoms with Gasteiger partial charge in [0.25, 0.3) is 0 Å². The number of aromatic nitrogens is 2. The Hall–Kier alpha value is -2.26. The standard InChI is InChI=1S/C18H19N3/c1-3-19-18(16-7-5-10-20-13(16)2)15-9-8-14-6-4-11-21-17(14)12-15/h4-12,18-19H,3H2,1-2H3. The van der Waals surface area contributed by atoms with Gasteiger partial charge in [0.05, 0.1) is 11.6 Å². The second-order valence-electron chi connectivity index (χ2n) is 5.12. The van der Waals surface area contributed by atoms with Crippen LogP contribution in [-0.4, -0.2) is 16.5 Å². The zero-order chi connectivity index (χ0) is 14.7. The second-order valence-corrected chi connectivity index (χ2v) is 5.12. The molecule has 0 saturated heterocycles. The van der Waals surface area contributed by atoms with Crippen molar-refractivity contribution in [3.63, 3.8) is 0 Å². The van der Waals surface area contributed by atoms with Crippen molar-refractivity contribution in [3.8, 4) is 0 Å². The molecule has 3 nitrogen and oxygen atoms in total. The van der Waals surface area contributed by atoms with Gasteiger partial charge in [-0.2, -0.15) is 0 Å². The lowest BCUT2D eigenvalue weighted by Crippen LogP contribution is -2.23. The van der Waals surface area contributed by atoms with Crippen molar-refractivity contribution < 1.29 is 0 Å². The summed E-state index contributed by atoms with van der Waals surface area (Å²) in [6.45, 7) is 5.08. The Balaban J connectivity index is 2.09. The molecule has 1 N–H and O–H groups in total. The molecular weight excluding hydrogens is 258 g/mol. The van der Waals surface area contributed by atoms with Crippen molar-refractivity contribution in [2.24, 2.45) is 0 Å². The molecular formula is C18H19N3. The zero-order valence-electron chi connectivity index (χ0n) is 12.4. The largest absolute Gasteiger partial charge is 0.306 e. The van der Waals surface area contributed by atoms with Gasteiger partial charge in [0, 0.05) is 23.5 Å². The molecule has 0 aliphatic heterocycles. The first-order chi connectivity index (χ1) is 10.3. The van der Waals surface area contributed by atoms with Gasteiger partial charge in [0.2, 0.25) is 0 Å². The molecule has 0 radical (unpaired) electrons. The summed E-state index contributed by atoms with van der Waals surface area (Å²) >= 11 is 0. The number of nitrogens with zero attached hydrogens (tertiary/aromatic N) is 2.